The van der Waals surface area contributed by atoms with E-state index in [2.05, 4.69) is 0 Å². The highest BCUT2D eigenvalue weighted by atomic mass is 16.6. The zero-order valence-corrected chi connectivity index (χ0v) is 10.3. The van der Waals surface area contributed by atoms with Crippen LogP contribution in [0.3, 0.4) is 0 Å². The van der Waals surface area contributed by atoms with Crippen LogP contribution in [0.1, 0.15) is 10.4 Å². The van der Waals surface area contributed by atoms with Gasteiger partial charge in [-0.3, -0.25) is 14.9 Å². The number of benzene rings is 2. The zero-order valence-electron chi connectivity index (χ0n) is 10.3. The molecule has 0 radical (unpaired) electrons. The van der Waals surface area contributed by atoms with Crippen LogP contribution in [0, 0.1) is 10.1 Å². The molecule has 0 aliphatic rings. The smallest absolute Gasteiger partial charge is 0.311 e. The summed E-state index contributed by atoms with van der Waals surface area (Å²) in [6.45, 7) is 0. The summed E-state index contributed by atoms with van der Waals surface area (Å²) in [4.78, 5) is 21.5. The van der Waals surface area contributed by atoms with Crippen molar-refractivity contribution in [2.24, 2.45) is 5.73 Å². The number of hydrogen-bond acceptors (Lipinski definition) is 5. The first-order valence-electron chi connectivity index (χ1n) is 5.59. The van der Waals surface area contributed by atoms with Gasteiger partial charge in [-0.25, -0.2) is 0 Å². The van der Waals surface area contributed by atoms with Crippen molar-refractivity contribution in [3.05, 3.63) is 58.1 Å². The van der Waals surface area contributed by atoms with Crippen molar-refractivity contribution in [1.29, 1.82) is 0 Å². The number of carbonyl (C=O) groups is 1. The predicted octanol–water partition coefficient (Wildman–Crippen LogP) is 2.07. The average molecular weight is 273 g/mol. The van der Waals surface area contributed by atoms with Crippen LogP contribution in [0.2, 0.25) is 0 Å². The van der Waals surface area contributed by atoms with Gasteiger partial charge in [0, 0.05) is 29.4 Å². The van der Waals surface area contributed by atoms with E-state index in [4.69, 9.17) is 16.2 Å². The molecule has 4 N–H and O–H groups in total. The molecule has 2 aromatic carbocycles. The fourth-order valence-corrected chi connectivity index (χ4v) is 1.60. The minimum atomic E-state index is -0.697. The van der Waals surface area contributed by atoms with Gasteiger partial charge in [-0.05, 0) is 18.2 Å². The van der Waals surface area contributed by atoms with E-state index in [1.807, 2.05) is 0 Å². The second kappa shape index (κ2) is 5.27. The molecule has 0 aliphatic carbocycles. The first kappa shape index (κ1) is 13.3. The van der Waals surface area contributed by atoms with E-state index in [1.165, 1.54) is 24.3 Å². The molecule has 0 aromatic heterocycles. The van der Waals surface area contributed by atoms with Crippen molar-refractivity contribution in [1.82, 2.24) is 0 Å². The molecule has 0 bridgehead atoms. The summed E-state index contributed by atoms with van der Waals surface area (Å²) in [7, 11) is 0. The monoisotopic (exact) mass is 273 g/mol. The standard InChI is InChI=1S/C13H11N3O4/c14-9-2-1-3-10(7-9)20-12-6-8(13(15)17)4-5-11(12)16(18)19/h1-7H,14H2,(H2,15,17). The van der Waals surface area contributed by atoms with E-state index >= 15 is 0 Å². The SMILES string of the molecule is NC(=O)c1ccc([N+](=O)[O-])c(Oc2cccc(N)c2)c1. The second-order valence-electron chi connectivity index (χ2n) is 3.98. The third-order valence-corrected chi connectivity index (χ3v) is 2.53. The van der Waals surface area contributed by atoms with Gasteiger partial charge in [-0.1, -0.05) is 6.07 Å². The van der Waals surface area contributed by atoms with Gasteiger partial charge in [0.05, 0.1) is 4.92 Å². The third kappa shape index (κ3) is 2.83. The lowest BCUT2D eigenvalue weighted by Gasteiger charge is -2.08. The third-order valence-electron chi connectivity index (χ3n) is 2.53. The molecule has 20 heavy (non-hydrogen) atoms. The molecule has 2 aromatic rings. The lowest BCUT2D eigenvalue weighted by molar-refractivity contribution is -0.385. The van der Waals surface area contributed by atoms with Gasteiger partial charge in [-0.2, -0.15) is 0 Å². The summed E-state index contributed by atoms with van der Waals surface area (Å²) < 4.78 is 5.41. The molecule has 0 unspecified atom stereocenters. The Balaban J connectivity index is 2.44. The molecule has 0 saturated carbocycles. The molecular formula is C13H11N3O4. The van der Waals surface area contributed by atoms with E-state index in [0.717, 1.165) is 0 Å². The van der Waals surface area contributed by atoms with E-state index in [0.29, 0.717) is 11.4 Å². The Hall–Kier alpha value is -3.09. The van der Waals surface area contributed by atoms with Gasteiger partial charge in [-0.15, -0.1) is 0 Å². The highest BCUT2D eigenvalue weighted by Crippen LogP contribution is 2.32. The summed E-state index contributed by atoms with van der Waals surface area (Å²) in [6, 6.07) is 10.1. The van der Waals surface area contributed by atoms with Crippen LogP contribution >= 0.6 is 0 Å². The highest BCUT2D eigenvalue weighted by molar-refractivity contribution is 5.93. The van der Waals surface area contributed by atoms with Gasteiger partial charge in [0.1, 0.15) is 5.75 Å². The van der Waals surface area contributed by atoms with E-state index in [9.17, 15) is 14.9 Å². The zero-order chi connectivity index (χ0) is 14.7. The number of hydrogen-bond donors (Lipinski definition) is 2. The maximum atomic E-state index is 11.1. The quantitative estimate of drug-likeness (QED) is 0.501. The Kier molecular flexibility index (Phi) is 3.52. The Morgan fingerprint density at radius 1 is 1.20 bits per heavy atom. The number of nitrogens with two attached hydrogens (primary N) is 2. The molecule has 0 heterocycles. The lowest BCUT2D eigenvalue weighted by Crippen LogP contribution is -2.11. The summed E-state index contributed by atoms with van der Waals surface area (Å²) in [6.07, 6.45) is 0. The van der Waals surface area contributed by atoms with Gasteiger partial charge >= 0.3 is 5.69 Å². The van der Waals surface area contributed by atoms with Crippen molar-refractivity contribution in [2.75, 3.05) is 5.73 Å². The highest BCUT2D eigenvalue weighted by Gasteiger charge is 2.18. The number of primary amides is 1. The van der Waals surface area contributed by atoms with Crippen molar-refractivity contribution in [3.8, 4) is 11.5 Å². The molecule has 2 rings (SSSR count). The molecule has 0 aliphatic heterocycles. The molecule has 1 amide bonds. The minimum Gasteiger partial charge on any atom is -0.450 e. The predicted molar refractivity (Wildman–Crippen MR) is 72.5 cm³/mol. The first-order chi connectivity index (χ1) is 9.47. The topological polar surface area (TPSA) is 121 Å². The Bertz CT molecular complexity index is 685. The van der Waals surface area contributed by atoms with Crippen molar-refractivity contribution < 1.29 is 14.5 Å². The number of ether oxygens (including phenoxy) is 1. The minimum absolute atomic E-state index is 0.0723. The molecule has 7 heteroatoms. The molecular weight excluding hydrogens is 262 g/mol. The van der Waals surface area contributed by atoms with Crippen LogP contribution < -0.4 is 16.2 Å². The van der Waals surface area contributed by atoms with Crippen LogP contribution in [0.15, 0.2) is 42.5 Å². The average Bonchev–Trinajstić information content (AvgIpc) is 2.38. The van der Waals surface area contributed by atoms with Crippen molar-refractivity contribution in [3.63, 3.8) is 0 Å². The van der Waals surface area contributed by atoms with Crippen molar-refractivity contribution >= 4 is 17.3 Å². The Morgan fingerprint density at radius 2 is 1.95 bits per heavy atom. The Morgan fingerprint density at radius 3 is 2.55 bits per heavy atom. The summed E-state index contributed by atoms with van der Waals surface area (Å²) >= 11 is 0. The second-order valence-corrected chi connectivity index (χ2v) is 3.98. The lowest BCUT2D eigenvalue weighted by atomic mass is 10.2. The molecule has 0 fully saturated rings. The van der Waals surface area contributed by atoms with Crippen LogP contribution in [-0.2, 0) is 0 Å². The number of amides is 1. The van der Waals surface area contributed by atoms with E-state index < -0.39 is 10.8 Å². The van der Waals surface area contributed by atoms with Gasteiger partial charge in [0.2, 0.25) is 11.7 Å². The van der Waals surface area contributed by atoms with Gasteiger partial charge < -0.3 is 16.2 Å². The van der Waals surface area contributed by atoms with E-state index in [-0.39, 0.29) is 17.0 Å². The fourth-order valence-electron chi connectivity index (χ4n) is 1.60. The number of nitrogens with zero attached hydrogens (tertiary/aromatic N) is 1. The number of nitro groups is 1. The summed E-state index contributed by atoms with van der Waals surface area (Å²) in [5.74, 6) is -0.441. The Labute approximate surface area is 113 Å². The molecule has 0 saturated heterocycles. The number of rotatable bonds is 4. The molecule has 0 spiro atoms. The van der Waals surface area contributed by atoms with Crippen molar-refractivity contribution in [2.45, 2.75) is 0 Å². The summed E-state index contributed by atoms with van der Waals surface area (Å²) in [5.41, 5.74) is 11.1. The number of nitro benzene ring substituents is 1. The van der Waals surface area contributed by atoms with Crippen LogP contribution in [0.25, 0.3) is 0 Å². The van der Waals surface area contributed by atoms with Gasteiger partial charge in [0.25, 0.3) is 0 Å². The number of nitrogen functional groups attached to an aromatic ring is 1. The first-order valence-corrected chi connectivity index (χ1v) is 5.59. The maximum absolute atomic E-state index is 11.1. The number of carbonyl (C=O) groups excluding carboxylic acids is 1. The van der Waals surface area contributed by atoms with E-state index in [1.54, 1.807) is 18.2 Å². The van der Waals surface area contributed by atoms with Crippen LogP contribution in [-0.4, -0.2) is 10.8 Å². The van der Waals surface area contributed by atoms with Gasteiger partial charge in [0.15, 0.2) is 0 Å². The largest absolute Gasteiger partial charge is 0.450 e. The fraction of sp³-hybridized carbons (Fsp3) is 0. The maximum Gasteiger partial charge on any atom is 0.311 e. The number of anilines is 1. The molecule has 102 valence electrons. The van der Waals surface area contributed by atoms with Crippen LogP contribution in [0.4, 0.5) is 11.4 Å². The molecule has 0 atom stereocenters. The normalized spacial score (nSPS) is 10.0. The van der Waals surface area contributed by atoms with Crippen LogP contribution in [0.5, 0.6) is 11.5 Å². The molecule has 7 nitrogen and oxygen atoms in total. The summed E-state index contributed by atoms with van der Waals surface area (Å²) in [5, 5.41) is 10.9.